The molecule has 0 radical (unpaired) electrons. The molecule has 4 aromatic carbocycles. The molecule has 0 aliphatic carbocycles. The van der Waals surface area contributed by atoms with Gasteiger partial charge in [0.2, 0.25) is 0 Å². The molecular formula is C26H18FN3O5S3. The highest BCUT2D eigenvalue weighted by Gasteiger charge is 2.38. The lowest BCUT2D eigenvalue weighted by Gasteiger charge is -2.25. The Morgan fingerprint density at radius 2 is 1.32 bits per heavy atom. The van der Waals surface area contributed by atoms with Gasteiger partial charge in [-0.2, -0.15) is 8.08 Å². The van der Waals surface area contributed by atoms with Crippen LogP contribution in [0.1, 0.15) is 10.5 Å². The summed E-state index contributed by atoms with van der Waals surface area (Å²) in [5, 5.41) is 3.17. The van der Waals surface area contributed by atoms with Crippen LogP contribution in [0.3, 0.4) is 0 Å². The lowest BCUT2D eigenvalue weighted by atomic mass is 10.2. The van der Waals surface area contributed by atoms with Gasteiger partial charge in [-0.05, 0) is 60.1 Å². The molecule has 0 bridgehead atoms. The number of halogens is 1. The highest BCUT2D eigenvalue weighted by atomic mass is 32.3. The maximum absolute atomic E-state index is 15.2. The van der Waals surface area contributed by atoms with Crippen molar-refractivity contribution in [1.82, 2.24) is 4.37 Å². The highest BCUT2D eigenvalue weighted by molar-refractivity contribution is 8.10. The SMILES string of the molecule is O=C(Nc1ccc(F)c(N(S(=O)(=O)c2ccccc2)S(=O)(=O)c2ccccc2)c1)c1nsc2ccccc12. The lowest BCUT2D eigenvalue weighted by molar-refractivity contribution is 0.102. The zero-order valence-electron chi connectivity index (χ0n) is 19.4. The summed E-state index contributed by atoms with van der Waals surface area (Å²) < 4.78 is 74.9. The van der Waals surface area contributed by atoms with Gasteiger partial charge in [-0.1, -0.05) is 54.6 Å². The molecule has 0 spiro atoms. The van der Waals surface area contributed by atoms with Crippen molar-refractivity contribution >= 4 is 58.9 Å². The lowest BCUT2D eigenvalue weighted by Crippen LogP contribution is -2.37. The van der Waals surface area contributed by atoms with Crippen molar-refractivity contribution < 1.29 is 26.0 Å². The van der Waals surface area contributed by atoms with Crippen molar-refractivity contribution in [2.75, 3.05) is 9.03 Å². The van der Waals surface area contributed by atoms with Gasteiger partial charge >= 0.3 is 0 Å². The number of sulfonamides is 2. The van der Waals surface area contributed by atoms with Crippen LogP contribution in [-0.2, 0) is 20.0 Å². The number of benzene rings is 4. The Labute approximate surface area is 222 Å². The van der Waals surface area contributed by atoms with E-state index >= 15 is 4.39 Å². The zero-order chi connectivity index (χ0) is 26.9. The Hall–Kier alpha value is -4.13. The number of aromatic nitrogens is 1. The number of hydrogen-bond acceptors (Lipinski definition) is 7. The van der Waals surface area contributed by atoms with Gasteiger partial charge in [0.1, 0.15) is 17.2 Å². The predicted molar refractivity (Wildman–Crippen MR) is 144 cm³/mol. The molecule has 1 N–H and O–H groups in total. The van der Waals surface area contributed by atoms with E-state index in [4.69, 9.17) is 0 Å². The normalized spacial score (nSPS) is 11.8. The van der Waals surface area contributed by atoms with Gasteiger partial charge in [-0.15, -0.1) is 0 Å². The molecule has 0 unspecified atom stereocenters. The van der Waals surface area contributed by atoms with Gasteiger partial charge in [0, 0.05) is 11.1 Å². The number of nitrogens with one attached hydrogen (secondary N) is 1. The molecule has 38 heavy (non-hydrogen) atoms. The van der Waals surface area contributed by atoms with E-state index in [-0.39, 0.29) is 24.9 Å². The summed E-state index contributed by atoms with van der Waals surface area (Å²) >= 11 is 1.13. The van der Waals surface area contributed by atoms with Crippen LogP contribution in [0.2, 0.25) is 0 Å². The average Bonchev–Trinajstić information content (AvgIpc) is 3.36. The minimum Gasteiger partial charge on any atom is -0.321 e. The Morgan fingerprint density at radius 3 is 1.92 bits per heavy atom. The topological polar surface area (TPSA) is 114 Å². The van der Waals surface area contributed by atoms with Gasteiger partial charge in [0.15, 0.2) is 0 Å². The summed E-state index contributed by atoms with van der Waals surface area (Å²) in [6, 6.07) is 23.8. The molecule has 5 rings (SSSR count). The van der Waals surface area contributed by atoms with Crippen molar-refractivity contribution in [3.05, 3.63) is 115 Å². The second kappa shape index (κ2) is 9.97. The smallest absolute Gasteiger partial charge is 0.277 e. The van der Waals surface area contributed by atoms with E-state index in [1.165, 1.54) is 54.6 Å². The Bertz CT molecular complexity index is 1790. The van der Waals surface area contributed by atoms with Crippen LogP contribution in [-0.4, -0.2) is 27.1 Å². The molecule has 0 fully saturated rings. The van der Waals surface area contributed by atoms with Gasteiger partial charge in [-0.3, -0.25) is 4.79 Å². The Kier molecular flexibility index (Phi) is 6.69. The van der Waals surface area contributed by atoms with Crippen molar-refractivity contribution in [2.45, 2.75) is 9.79 Å². The van der Waals surface area contributed by atoms with Crippen LogP contribution in [0, 0.1) is 5.82 Å². The number of amides is 1. The minimum absolute atomic E-state index is 0.0278. The summed E-state index contributed by atoms with van der Waals surface area (Å²) in [5.41, 5.74) is -0.680. The number of nitrogens with zero attached hydrogens (tertiary/aromatic N) is 2. The van der Waals surface area contributed by atoms with Crippen LogP contribution in [0.15, 0.2) is 113 Å². The number of carbonyl (C=O) groups excluding carboxylic acids is 1. The first kappa shape index (κ1) is 25.5. The number of fused-ring (bicyclic) bond motifs is 1. The third-order valence-electron chi connectivity index (χ3n) is 5.51. The van der Waals surface area contributed by atoms with Crippen LogP contribution in [0.25, 0.3) is 10.1 Å². The van der Waals surface area contributed by atoms with E-state index in [0.29, 0.717) is 5.39 Å². The van der Waals surface area contributed by atoms with E-state index in [1.54, 1.807) is 30.3 Å². The maximum Gasteiger partial charge on any atom is 0.277 e. The number of rotatable bonds is 7. The third kappa shape index (κ3) is 4.64. The number of anilines is 2. The van der Waals surface area contributed by atoms with Gasteiger partial charge in [-0.25, -0.2) is 21.2 Å². The molecule has 8 nitrogen and oxygen atoms in total. The fourth-order valence-corrected chi connectivity index (χ4v) is 8.24. The summed E-state index contributed by atoms with van der Waals surface area (Å²) in [4.78, 5) is 12.3. The van der Waals surface area contributed by atoms with Crippen LogP contribution in [0.4, 0.5) is 15.8 Å². The van der Waals surface area contributed by atoms with E-state index in [9.17, 15) is 21.6 Å². The van der Waals surface area contributed by atoms with Crippen LogP contribution in [0.5, 0.6) is 0 Å². The average molecular weight is 568 g/mol. The highest BCUT2D eigenvalue weighted by Crippen LogP contribution is 2.34. The first-order valence-electron chi connectivity index (χ1n) is 11.1. The Morgan fingerprint density at radius 1 is 0.763 bits per heavy atom. The largest absolute Gasteiger partial charge is 0.321 e. The third-order valence-corrected chi connectivity index (χ3v) is 10.5. The summed E-state index contributed by atoms with van der Waals surface area (Å²) in [6.07, 6.45) is 0. The monoisotopic (exact) mass is 567 g/mol. The molecule has 1 amide bonds. The molecular weight excluding hydrogens is 550 g/mol. The quantitative estimate of drug-likeness (QED) is 0.287. The molecule has 0 atom stereocenters. The molecule has 1 heterocycles. The fraction of sp³-hybridized carbons (Fsp3) is 0. The zero-order valence-corrected chi connectivity index (χ0v) is 21.8. The van der Waals surface area contributed by atoms with E-state index < -0.39 is 37.5 Å². The van der Waals surface area contributed by atoms with E-state index in [2.05, 4.69) is 9.69 Å². The minimum atomic E-state index is -4.82. The molecule has 0 aliphatic rings. The van der Waals surface area contributed by atoms with Crippen molar-refractivity contribution in [2.24, 2.45) is 0 Å². The predicted octanol–water partition coefficient (Wildman–Crippen LogP) is 5.27. The molecule has 0 aliphatic heterocycles. The molecule has 5 aromatic rings. The molecule has 192 valence electrons. The van der Waals surface area contributed by atoms with Crippen molar-refractivity contribution in [1.29, 1.82) is 0 Å². The standard InChI is InChI=1S/C26H18FN3O5S3/c27-22-16-15-18(28-26(31)25-21-13-7-8-14-24(21)36-29-25)17-23(22)30(37(32,33)19-9-3-1-4-10-19)38(34,35)20-11-5-2-6-12-20/h1-17H,(H,28,31). The molecule has 0 saturated carbocycles. The second-order valence-electron chi connectivity index (χ2n) is 7.98. The van der Waals surface area contributed by atoms with Gasteiger partial charge in [0.05, 0.1) is 14.5 Å². The summed E-state index contributed by atoms with van der Waals surface area (Å²) in [7, 11) is -9.64. The molecule has 1 aromatic heterocycles. The van der Waals surface area contributed by atoms with Crippen LogP contribution < -0.4 is 9.03 Å². The van der Waals surface area contributed by atoms with Crippen molar-refractivity contribution in [3.63, 3.8) is 0 Å². The summed E-state index contributed by atoms with van der Waals surface area (Å²) in [6.45, 7) is 0. The fourth-order valence-electron chi connectivity index (χ4n) is 3.73. The first-order chi connectivity index (χ1) is 18.2. The van der Waals surface area contributed by atoms with Gasteiger partial charge < -0.3 is 5.32 Å². The van der Waals surface area contributed by atoms with Crippen molar-refractivity contribution in [3.8, 4) is 0 Å². The second-order valence-corrected chi connectivity index (χ2v) is 12.6. The number of hydrogen-bond donors (Lipinski definition) is 1. The van der Waals surface area contributed by atoms with Gasteiger partial charge in [0.25, 0.3) is 26.0 Å². The number of carbonyl (C=O) groups is 1. The van der Waals surface area contributed by atoms with E-state index in [0.717, 1.165) is 28.4 Å². The first-order valence-corrected chi connectivity index (χ1v) is 14.7. The maximum atomic E-state index is 15.2. The molecule has 0 saturated heterocycles. The van der Waals surface area contributed by atoms with Crippen LogP contribution >= 0.6 is 11.5 Å². The van der Waals surface area contributed by atoms with E-state index in [1.807, 2.05) is 6.07 Å². The summed E-state index contributed by atoms with van der Waals surface area (Å²) in [5.74, 6) is -1.75. The molecule has 12 heteroatoms. The Balaban J connectivity index is 1.62.